The second-order valence-corrected chi connectivity index (χ2v) is 7.29. The lowest BCUT2D eigenvalue weighted by atomic mass is 9.71. The summed E-state index contributed by atoms with van der Waals surface area (Å²) in [5.41, 5.74) is 6.82. The predicted octanol–water partition coefficient (Wildman–Crippen LogP) is 3.28. The minimum absolute atomic E-state index is 0.0621. The van der Waals surface area contributed by atoms with Gasteiger partial charge in [0.1, 0.15) is 0 Å². The fourth-order valence-corrected chi connectivity index (χ4v) is 3.51. The van der Waals surface area contributed by atoms with E-state index < -0.39 is 0 Å². The molecule has 1 aliphatic carbocycles. The number of halogens is 1. The van der Waals surface area contributed by atoms with Gasteiger partial charge in [-0.2, -0.15) is 0 Å². The summed E-state index contributed by atoms with van der Waals surface area (Å²) in [4.78, 5) is 26.0. The normalized spacial score (nSPS) is 16.5. The molecule has 0 saturated heterocycles. The van der Waals surface area contributed by atoms with Crippen molar-refractivity contribution in [1.82, 2.24) is 4.90 Å². The number of amides is 2. The molecule has 5 nitrogen and oxygen atoms in total. The van der Waals surface area contributed by atoms with Gasteiger partial charge in [-0.25, -0.2) is 0 Å². The molecule has 6 heteroatoms. The van der Waals surface area contributed by atoms with Crippen LogP contribution >= 0.6 is 11.6 Å². The average molecular weight is 352 g/mol. The Morgan fingerprint density at radius 2 is 1.92 bits per heavy atom. The Bertz CT molecular complexity index is 610. The maximum atomic E-state index is 12.4. The largest absolute Gasteiger partial charge is 0.345 e. The molecule has 1 aromatic rings. The van der Waals surface area contributed by atoms with E-state index in [1.165, 1.54) is 11.3 Å². The molecule has 2 amide bonds. The Balaban J connectivity index is 2.09. The van der Waals surface area contributed by atoms with Crippen LogP contribution in [0.15, 0.2) is 18.2 Å². The molecule has 1 fully saturated rings. The van der Waals surface area contributed by atoms with Crippen LogP contribution in [0, 0.1) is 5.41 Å². The van der Waals surface area contributed by atoms with Crippen molar-refractivity contribution in [2.75, 3.05) is 26.0 Å². The molecule has 1 aliphatic rings. The summed E-state index contributed by atoms with van der Waals surface area (Å²) in [6.07, 6.45) is 5.91. The van der Waals surface area contributed by atoms with Crippen LogP contribution in [-0.4, -0.2) is 37.4 Å². The van der Waals surface area contributed by atoms with E-state index >= 15 is 0 Å². The topological polar surface area (TPSA) is 75.4 Å². The van der Waals surface area contributed by atoms with Crippen LogP contribution in [0.2, 0.25) is 5.02 Å². The second kappa shape index (κ2) is 7.99. The number of anilines is 1. The second-order valence-electron chi connectivity index (χ2n) is 6.88. The standard InChI is InChI=1S/C18H26ClN3O2/c1-22(2)17(24)14-10-13(6-7-15(14)19)21-16(23)11-18(12-20)8-4-3-5-9-18/h6-7,10H,3-5,8-9,11-12,20H2,1-2H3,(H,21,23). The molecule has 0 aliphatic heterocycles. The number of hydrogen-bond donors (Lipinski definition) is 2. The molecule has 0 radical (unpaired) electrons. The van der Waals surface area contributed by atoms with Crippen molar-refractivity contribution in [2.24, 2.45) is 11.1 Å². The van der Waals surface area contributed by atoms with Crippen LogP contribution in [0.25, 0.3) is 0 Å². The van der Waals surface area contributed by atoms with E-state index in [1.807, 2.05) is 0 Å². The van der Waals surface area contributed by atoms with Crippen molar-refractivity contribution in [2.45, 2.75) is 38.5 Å². The molecule has 132 valence electrons. The van der Waals surface area contributed by atoms with E-state index in [4.69, 9.17) is 17.3 Å². The van der Waals surface area contributed by atoms with Crippen molar-refractivity contribution in [3.05, 3.63) is 28.8 Å². The molecule has 0 unspecified atom stereocenters. The van der Waals surface area contributed by atoms with Gasteiger partial charge in [0.05, 0.1) is 10.6 Å². The maximum Gasteiger partial charge on any atom is 0.254 e. The summed E-state index contributed by atoms with van der Waals surface area (Å²) in [5, 5.41) is 3.26. The van der Waals surface area contributed by atoms with Crippen molar-refractivity contribution < 1.29 is 9.59 Å². The van der Waals surface area contributed by atoms with Crippen LogP contribution in [-0.2, 0) is 4.79 Å². The molecular formula is C18H26ClN3O2. The van der Waals surface area contributed by atoms with Crippen LogP contribution in [0.4, 0.5) is 5.69 Å². The molecule has 3 N–H and O–H groups in total. The van der Waals surface area contributed by atoms with Crippen molar-refractivity contribution in [1.29, 1.82) is 0 Å². The van der Waals surface area contributed by atoms with Gasteiger partial charge in [-0.05, 0) is 43.0 Å². The zero-order chi connectivity index (χ0) is 17.7. The number of hydrogen-bond acceptors (Lipinski definition) is 3. The number of rotatable bonds is 5. The fraction of sp³-hybridized carbons (Fsp3) is 0.556. The van der Waals surface area contributed by atoms with Crippen LogP contribution in [0.5, 0.6) is 0 Å². The molecule has 2 rings (SSSR count). The van der Waals surface area contributed by atoms with E-state index in [9.17, 15) is 9.59 Å². The molecule has 0 atom stereocenters. The minimum Gasteiger partial charge on any atom is -0.345 e. The van der Waals surface area contributed by atoms with Gasteiger partial charge in [0.15, 0.2) is 0 Å². The van der Waals surface area contributed by atoms with E-state index in [0.717, 1.165) is 25.7 Å². The van der Waals surface area contributed by atoms with E-state index in [0.29, 0.717) is 29.2 Å². The molecular weight excluding hydrogens is 326 g/mol. The van der Waals surface area contributed by atoms with Crippen molar-refractivity contribution >= 4 is 29.1 Å². The third-order valence-electron chi connectivity index (χ3n) is 4.77. The van der Waals surface area contributed by atoms with Gasteiger partial charge in [-0.15, -0.1) is 0 Å². The van der Waals surface area contributed by atoms with E-state index in [2.05, 4.69) is 5.32 Å². The third kappa shape index (κ3) is 4.48. The van der Waals surface area contributed by atoms with Gasteiger partial charge in [-0.1, -0.05) is 30.9 Å². The number of nitrogens with zero attached hydrogens (tertiary/aromatic N) is 1. The zero-order valence-electron chi connectivity index (χ0n) is 14.4. The number of carbonyl (C=O) groups is 2. The highest BCUT2D eigenvalue weighted by atomic mass is 35.5. The Kier molecular flexibility index (Phi) is 6.24. The summed E-state index contributed by atoms with van der Waals surface area (Å²) in [7, 11) is 3.33. The monoisotopic (exact) mass is 351 g/mol. The summed E-state index contributed by atoms with van der Waals surface area (Å²) < 4.78 is 0. The molecule has 0 bridgehead atoms. The van der Waals surface area contributed by atoms with Crippen LogP contribution in [0.1, 0.15) is 48.9 Å². The zero-order valence-corrected chi connectivity index (χ0v) is 15.2. The Morgan fingerprint density at radius 1 is 1.25 bits per heavy atom. The average Bonchev–Trinajstić information content (AvgIpc) is 2.56. The van der Waals surface area contributed by atoms with Gasteiger partial charge in [0.2, 0.25) is 5.91 Å². The molecule has 1 aromatic carbocycles. The highest BCUT2D eigenvalue weighted by molar-refractivity contribution is 6.34. The smallest absolute Gasteiger partial charge is 0.254 e. The maximum absolute atomic E-state index is 12.4. The lowest BCUT2D eigenvalue weighted by Crippen LogP contribution is -2.36. The molecule has 0 aromatic heterocycles. The lowest BCUT2D eigenvalue weighted by molar-refractivity contribution is -0.118. The Hall–Kier alpha value is -1.59. The first-order valence-corrected chi connectivity index (χ1v) is 8.76. The Morgan fingerprint density at radius 3 is 2.50 bits per heavy atom. The van der Waals surface area contributed by atoms with Crippen molar-refractivity contribution in [3.8, 4) is 0 Å². The summed E-state index contributed by atoms with van der Waals surface area (Å²) >= 11 is 6.10. The predicted molar refractivity (Wildman–Crippen MR) is 97.3 cm³/mol. The van der Waals surface area contributed by atoms with Gasteiger partial charge < -0.3 is 16.0 Å². The van der Waals surface area contributed by atoms with E-state index in [1.54, 1.807) is 32.3 Å². The van der Waals surface area contributed by atoms with E-state index in [-0.39, 0.29) is 17.2 Å². The molecule has 0 spiro atoms. The van der Waals surface area contributed by atoms with Crippen molar-refractivity contribution in [3.63, 3.8) is 0 Å². The first-order valence-electron chi connectivity index (χ1n) is 8.38. The highest BCUT2D eigenvalue weighted by Gasteiger charge is 2.33. The summed E-state index contributed by atoms with van der Waals surface area (Å²) in [5.74, 6) is -0.255. The molecule has 0 heterocycles. The summed E-state index contributed by atoms with van der Waals surface area (Å²) in [6, 6.07) is 4.97. The molecule has 1 saturated carbocycles. The number of nitrogens with one attached hydrogen (secondary N) is 1. The van der Waals surface area contributed by atoms with Gasteiger partial charge in [0, 0.05) is 26.2 Å². The number of carbonyl (C=O) groups excluding carboxylic acids is 2. The first-order chi connectivity index (χ1) is 11.4. The van der Waals surface area contributed by atoms with Gasteiger partial charge in [-0.3, -0.25) is 9.59 Å². The number of benzene rings is 1. The third-order valence-corrected chi connectivity index (χ3v) is 5.10. The molecule has 24 heavy (non-hydrogen) atoms. The summed E-state index contributed by atoms with van der Waals surface area (Å²) in [6.45, 7) is 0.533. The SMILES string of the molecule is CN(C)C(=O)c1cc(NC(=O)CC2(CN)CCCCC2)ccc1Cl. The first kappa shape index (κ1) is 18.7. The highest BCUT2D eigenvalue weighted by Crippen LogP contribution is 2.38. The van der Waals surface area contributed by atoms with Crippen LogP contribution in [0.3, 0.4) is 0 Å². The number of nitrogens with two attached hydrogens (primary N) is 1. The fourth-order valence-electron chi connectivity index (χ4n) is 3.31. The van der Waals surface area contributed by atoms with Crippen LogP contribution < -0.4 is 11.1 Å². The quantitative estimate of drug-likeness (QED) is 0.854. The van der Waals surface area contributed by atoms with Gasteiger partial charge >= 0.3 is 0 Å². The van der Waals surface area contributed by atoms with Gasteiger partial charge in [0.25, 0.3) is 5.91 Å². The minimum atomic E-state index is -0.193. The lowest BCUT2D eigenvalue weighted by Gasteiger charge is -2.35. The Labute approximate surface area is 148 Å².